The van der Waals surface area contributed by atoms with E-state index in [1.807, 2.05) is 12.1 Å². The summed E-state index contributed by atoms with van der Waals surface area (Å²) in [4.78, 5) is 0. The highest BCUT2D eigenvalue weighted by Gasteiger charge is 2.01. The van der Waals surface area contributed by atoms with Crippen molar-refractivity contribution >= 4 is 0 Å². The van der Waals surface area contributed by atoms with E-state index in [1.54, 1.807) is 0 Å². The number of benzene rings is 1. The lowest BCUT2D eigenvalue weighted by atomic mass is 10.2. The van der Waals surface area contributed by atoms with Gasteiger partial charge in [0, 0.05) is 0 Å². The van der Waals surface area contributed by atoms with Crippen molar-refractivity contribution in [3.05, 3.63) is 29.8 Å². The molecular formula is C12H18O. The van der Waals surface area contributed by atoms with Gasteiger partial charge in [0.05, 0.1) is 6.10 Å². The molecule has 1 unspecified atom stereocenters. The zero-order valence-corrected chi connectivity index (χ0v) is 8.71. The van der Waals surface area contributed by atoms with Crippen LogP contribution >= 0.6 is 0 Å². The van der Waals surface area contributed by atoms with Gasteiger partial charge in [-0.25, -0.2) is 0 Å². The lowest BCUT2D eigenvalue weighted by Crippen LogP contribution is -2.10. The van der Waals surface area contributed by atoms with Crippen molar-refractivity contribution in [3.63, 3.8) is 0 Å². The smallest absolute Gasteiger partial charge is 0.119 e. The first-order chi connectivity index (χ1) is 6.22. The summed E-state index contributed by atoms with van der Waals surface area (Å²) in [6.07, 6.45) is 2.62. The van der Waals surface area contributed by atoms with Gasteiger partial charge in [0.25, 0.3) is 0 Å². The van der Waals surface area contributed by atoms with E-state index < -0.39 is 0 Å². The summed E-state index contributed by atoms with van der Waals surface area (Å²) in [7, 11) is 0. The minimum Gasteiger partial charge on any atom is -0.491 e. The topological polar surface area (TPSA) is 9.23 Å². The van der Waals surface area contributed by atoms with E-state index >= 15 is 0 Å². The quantitative estimate of drug-likeness (QED) is 0.685. The molecule has 1 aromatic rings. The van der Waals surface area contributed by atoms with Crippen molar-refractivity contribution in [3.8, 4) is 5.75 Å². The molecule has 0 aliphatic heterocycles. The van der Waals surface area contributed by atoms with E-state index in [2.05, 4.69) is 32.9 Å². The molecule has 1 aromatic carbocycles. The molecule has 0 amide bonds. The molecule has 0 spiro atoms. The molecule has 0 radical (unpaired) electrons. The molecule has 0 saturated carbocycles. The Kier molecular flexibility index (Phi) is 3.81. The third-order valence-electron chi connectivity index (χ3n) is 2.02. The van der Waals surface area contributed by atoms with E-state index in [9.17, 15) is 0 Å². The zero-order chi connectivity index (χ0) is 9.68. The van der Waals surface area contributed by atoms with Crippen molar-refractivity contribution in [2.24, 2.45) is 0 Å². The molecule has 1 rings (SSSR count). The third kappa shape index (κ3) is 3.49. The van der Waals surface area contributed by atoms with Gasteiger partial charge in [-0.1, -0.05) is 25.5 Å². The first-order valence-electron chi connectivity index (χ1n) is 4.95. The average Bonchev–Trinajstić information content (AvgIpc) is 2.04. The van der Waals surface area contributed by atoms with Crippen molar-refractivity contribution in [1.29, 1.82) is 0 Å². The predicted octanol–water partition coefficient (Wildman–Crippen LogP) is 3.56. The normalized spacial score (nSPS) is 12.5. The molecule has 1 atom stereocenters. The van der Waals surface area contributed by atoms with Crippen LogP contribution in [0.5, 0.6) is 5.75 Å². The molecule has 1 heteroatoms. The molecule has 0 bridgehead atoms. The van der Waals surface area contributed by atoms with Crippen LogP contribution in [0, 0.1) is 6.92 Å². The van der Waals surface area contributed by atoms with Gasteiger partial charge >= 0.3 is 0 Å². The molecular weight excluding hydrogens is 160 g/mol. The molecule has 0 N–H and O–H groups in total. The van der Waals surface area contributed by atoms with Crippen LogP contribution in [0.4, 0.5) is 0 Å². The van der Waals surface area contributed by atoms with Gasteiger partial charge < -0.3 is 4.74 Å². The Bertz CT molecular complexity index is 255. The van der Waals surface area contributed by atoms with E-state index in [0.29, 0.717) is 6.10 Å². The minimum atomic E-state index is 0.326. The van der Waals surface area contributed by atoms with Crippen molar-refractivity contribution in [2.75, 3.05) is 0 Å². The maximum absolute atomic E-state index is 5.74. The molecule has 0 saturated heterocycles. The van der Waals surface area contributed by atoms with Crippen LogP contribution in [-0.4, -0.2) is 6.10 Å². The van der Waals surface area contributed by atoms with Crippen molar-refractivity contribution in [1.82, 2.24) is 0 Å². The summed E-state index contributed by atoms with van der Waals surface area (Å²) in [6, 6.07) is 8.20. The summed E-state index contributed by atoms with van der Waals surface area (Å²) < 4.78 is 5.74. The standard InChI is InChI=1S/C12H18O/c1-4-6-11(3)13-12-8-5-7-10(2)9-12/h5,7-9,11H,4,6H2,1-3H3. The average molecular weight is 178 g/mol. The number of hydrogen-bond donors (Lipinski definition) is 0. The Morgan fingerprint density at radius 1 is 1.38 bits per heavy atom. The van der Waals surface area contributed by atoms with Crippen LogP contribution in [0.2, 0.25) is 0 Å². The van der Waals surface area contributed by atoms with E-state index in [4.69, 9.17) is 4.74 Å². The first-order valence-corrected chi connectivity index (χ1v) is 4.95. The Morgan fingerprint density at radius 2 is 2.15 bits per heavy atom. The number of aryl methyl sites for hydroxylation is 1. The summed E-state index contributed by atoms with van der Waals surface area (Å²) in [6.45, 7) is 6.37. The Labute approximate surface area is 80.7 Å². The highest BCUT2D eigenvalue weighted by atomic mass is 16.5. The fourth-order valence-electron chi connectivity index (χ4n) is 1.39. The second kappa shape index (κ2) is 4.90. The number of hydrogen-bond acceptors (Lipinski definition) is 1. The minimum absolute atomic E-state index is 0.326. The number of ether oxygens (including phenoxy) is 1. The maximum Gasteiger partial charge on any atom is 0.119 e. The van der Waals surface area contributed by atoms with Gasteiger partial charge in [-0.3, -0.25) is 0 Å². The van der Waals surface area contributed by atoms with Gasteiger partial charge in [-0.15, -0.1) is 0 Å². The fourth-order valence-corrected chi connectivity index (χ4v) is 1.39. The van der Waals surface area contributed by atoms with Crippen LogP contribution in [-0.2, 0) is 0 Å². The lowest BCUT2D eigenvalue weighted by Gasteiger charge is -2.13. The summed E-state index contributed by atoms with van der Waals surface area (Å²) in [5.41, 5.74) is 1.25. The Balaban J connectivity index is 2.53. The maximum atomic E-state index is 5.74. The summed E-state index contributed by atoms with van der Waals surface area (Å²) >= 11 is 0. The highest BCUT2D eigenvalue weighted by Crippen LogP contribution is 2.15. The van der Waals surface area contributed by atoms with Crippen LogP contribution in [0.3, 0.4) is 0 Å². The number of rotatable bonds is 4. The van der Waals surface area contributed by atoms with Crippen molar-refractivity contribution in [2.45, 2.75) is 39.7 Å². The highest BCUT2D eigenvalue weighted by molar-refractivity contribution is 5.27. The van der Waals surface area contributed by atoms with Gasteiger partial charge in [0.2, 0.25) is 0 Å². The lowest BCUT2D eigenvalue weighted by molar-refractivity contribution is 0.210. The SMILES string of the molecule is CCCC(C)Oc1cccc(C)c1. The molecule has 72 valence electrons. The molecule has 0 aromatic heterocycles. The van der Waals surface area contributed by atoms with Crippen LogP contribution < -0.4 is 4.74 Å². The molecule has 0 fully saturated rings. The van der Waals surface area contributed by atoms with Gasteiger partial charge in [-0.2, -0.15) is 0 Å². The second-order valence-electron chi connectivity index (χ2n) is 3.53. The monoisotopic (exact) mass is 178 g/mol. The summed E-state index contributed by atoms with van der Waals surface area (Å²) in [5.74, 6) is 0.987. The summed E-state index contributed by atoms with van der Waals surface area (Å²) in [5, 5.41) is 0. The van der Waals surface area contributed by atoms with Gasteiger partial charge in [-0.05, 0) is 38.0 Å². The largest absolute Gasteiger partial charge is 0.491 e. The zero-order valence-electron chi connectivity index (χ0n) is 8.71. The first kappa shape index (κ1) is 10.1. The van der Waals surface area contributed by atoms with Crippen LogP contribution in [0.25, 0.3) is 0 Å². The van der Waals surface area contributed by atoms with Gasteiger partial charge in [0.1, 0.15) is 5.75 Å². The molecule has 1 nitrogen and oxygen atoms in total. The molecule has 13 heavy (non-hydrogen) atoms. The van der Waals surface area contributed by atoms with E-state index in [0.717, 1.165) is 12.2 Å². The third-order valence-corrected chi connectivity index (χ3v) is 2.02. The van der Waals surface area contributed by atoms with E-state index in [1.165, 1.54) is 12.0 Å². The van der Waals surface area contributed by atoms with Crippen LogP contribution in [0.1, 0.15) is 32.3 Å². The molecule has 0 heterocycles. The Morgan fingerprint density at radius 3 is 2.77 bits per heavy atom. The van der Waals surface area contributed by atoms with Crippen LogP contribution in [0.15, 0.2) is 24.3 Å². The van der Waals surface area contributed by atoms with Crippen molar-refractivity contribution < 1.29 is 4.74 Å². The Hall–Kier alpha value is -0.980. The van der Waals surface area contributed by atoms with E-state index in [-0.39, 0.29) is 0 Å². The van der Waals surface area contributed by atoms with Gasteiger partial charge in [0.15, 0.2) is 0 Å². The molecule has 0 aliphatic carbocycles. The second-order valence-corrected chi connectivity index (χ2v) is 3.53. The fraction of sp³-hybridized carbons (Fsp3) is 0.500. The predicted molar refractivity (Wildman–Crippen MR) is 56.2 cm³/mol. The molecule has 0 aliphatic rings.